The van der Waals surface area contributed by atoms with Crippen LogP contribution in [-0.2, 0) is 9.53 Å². The number of hydrogen-bond donors (Lipinski definition) is 1. The first-order valence-corrected chi connectivity index (χ1v) is 12.3. The lowest BCUT2D eigenvalue weighted by molar-refractivity contribution is -0.121. The maximum absolute atomic E-state index is 14.5. The zero-order chi connectivity index (χ0) is 23.7. The first-order chi connectivity index (χ1) is 16.5. The molecule has 34 heavy (non-hydrogen) atoms. The lowest BCUT2D eigenvalue weighted by atomic mass is 9.68. The molecule has 0 bridgehead atoms. The highest BCUT2D eigenvalue weighted by molar-refractivity contribution is 5.92. The van der Waals surface area contributed by atoms with Crippen molar-refractivity contribution in [1.82, 2.24) is 4.98 Å². The Labute approximate surface area is 197 Å². The summed E-state index contributed by atoms with van der Waals surface area (Å²) in [5.41, 5.74) is 2.68. The third kappa shape index (κ3) is 4.92. The Morgan fingerprint density at radius 3 is 2.56 bits per heavy atom. The Balaban J connectivity index is 1.24. The number of benzene rings is 2. The zero-order valence-electron chi connectivity index (χ0n) is 19.2. The second-order valence-corrected chi connectivity index (χ2v) is 9.98. The summed E-state index contributed by atoms with van der Waals surface area (Å²) in [5.74, 6) is -0.186. The van der Waals surface area contributed by atoms with E-state index in [1.54, 1.807) is 12.1 Å². The van der Waals surface area contributed by atoms with Crippen molar-refractivity contribution in [2.24, 2.45) is 11.8 Å². The van der Waals surface area contributed by atoms with Crippen LogP contribution >= 0.6 is 0 Å². The van der Waals surface area contributed by atoms with E-state index in [4.69, 9.17) is 4.74 Å². The minimum absolute atomic E-state index is 0.176. The summed E-state index contributed by atoms with van der Waals surface area (Å²) < 4.78 is 47.5. The highest BCUT2D eigenvalue weighted by Gasteiger charge is 2.34. The van der Waals surface area contributed by atoms with Crippen LogP contribution in [0.1, 0.15) is 62.8 Å². The molecule has 1 aliphatic carbocycles. The second kappa shape index (κ2) is 9.95. The van der Waals surface area contributed by atoms with Crippen molar-refractivity contribution in [3.8, 4) is 11.3 Å². The number of nitrogens with one attached hydrogen (secondary N) is 1. The van der Waals surface area contributed by atoms with Crippen molar-refractivity contribution in [2.75, 3.05) is 13.2 Å². The number of Topliss-reactive ketones (excluding diaryl/α,β-unsaturated/α-hetero) is 1. The molecule has 2 fully saturated rings. The van der Waals surface area contributed by atoms with Gasteiger partial charge in [-0.2, -0.15) is 0 Å². The Kier molecular flexibility index (Phi) is 6.77. The van der Waals surface area contributed by atoms with Gasteiger partial charge in [0, 0.05) is 37.5 Å². The Hall–Kier alpha value is -2.60. The van der Waals surface area contributed by atoms with Gasteiger partial charge in [-0.25, -0.2) is 13.2 Å². The zero-order valence-corrected chi connectivity index (χ0v) is 19.2. The molecule has 1 saturated carbocycles. The topological polar surface area (TPSA) is 42.1 Å². The molecule has 2 aromatic carbocycles. The molecule has 0 amide bonds. The molecule has 1 aromatic heterocycles. The molecule has 5 rings (SSSR count). The molecule has 1 atom stereocenters. The van der Waals surface area contributed by atoms with E-state index in [1.807, 2.05) is 0 Å². The van der Waals surface area contributed by atoms with Crippen LogP contribution in [0.4, 0.5) is 13.2 Å². The normalized spacial score (nSPS) is 22.6. The quantitative estimate of drug-likeness (QED) is 0.376. The predicted octanol–water partition coefficient (Wildman–Crippen LogP) is 7.30. The molecule has 3 aromatic rings. The third-order valence-corrected chi connectivity index (χ3v) is 7.48. The highest BCUT2D eigenvalue weighted by atomic mass is 19.1. The number of aromatic nitrogens is 1. The minimum Gasteiger partial charge on any atom is -0.381 e. The fourth-order valence-electron chi connectivity index (χ4n) is 5.70. The Morgan fingerprint density at radius 2 is 1.82 bits per heavy atom. The van der Waals surface area contributed by atoms with Crippen molar-refractivity contribution in [3.63, 3.8) is 0 Å². The van der Waals surface area contributed by atoms with Crippen LogP contribution in [0.2, 0.25) is 0 Å². The van der Waals surface area contributed by atoms with E-state index in [-0.39, 0.29) is 17.3 Å². The molecule has 6 heteroatoms. The Morgan fingerprint density at radius 1 is 1.03 bits per heavy atom. The van der Waals surface area contributed by atoms with Crippen molar-refractivity contribution in [3.05, 3.63) is 59.4 Å². The molecular weight excluding hydrogens is 439 g/mol. The first-order valence-electron chi connectivity index (χ1n) is 12.3. The lowest BCUT2D eigenvalue weighted by Gasteiger charge is -2.36. The molecule has 1 N–H and O–H groups in total. The van der Waals surface area contributed by atoms with Gasteiger partial charge in [0.2, 0.25) is 0 Å². The number of H-pyrrole nitrogens is 1. The van der Waals surface area contributed by atoms with Crippen LogP contribution in [0.3, 0.4) is 0 Å². The summed E-state index contributed by atoms with van der Waals surface area (Å²) in [6, 6.07) is 8.35. The van der Waals surface area contributed by atoms with E-state index < -0.39 is 11.6 Å². The van der Waals surface area contributed by atoms with Gasteiger partial charge < -0.3 is 9.72 Å². The van der Waals surface area contributed by atoms with E-state index in [2.05, 4.69) is 4.98 Å². The first kappa shape index (κ1) is 23.2. The molecule has 0 spiro atoms. The molecular formula is C28H30F3NO2. The van der Waals surface area contributed by atoms with Crippen LogP contribution < -0.4 is 0 Å². The van der Waals surface area contributed by atoms with Crippen molar-refractivity contribution < 1.29 is 22.7 Å². The largest absolute Gasteiger partial charge is 0.381 e. The van der Waals surface area contributed by atoms with Crippen LogP contribution in [0, 0.1) is 29.3 Å². The molecule has 2 heterocycles. The molecule has 180 valence electrons. The molecule has 1 unspecified atom stereocenters. The third-order valence-electron chi connectivity index (χ3n) is 7.48. The van der Waals surface area contributed by atoms with Crippen LogP contribution in [0.15, 0.2) is 36.4 Å². The van der Waals surface area contributed by atoms with Gasteiger partial charge in [-0.3, -0.25) is 4.79 Å². The molecule has 1 saturated heterocycles. The van der Waals surface area contributed by atoms with E-state index in [9.17, 15) is 18.0 Å². The van der Waals surface area contributed by atoms with Gasteiger partial charge in [0.05, 0.1) is 11.2 Å². The van der Waals surface area contributed by atoms with Crippen molar-refractivity contribution >= 4 is 16.7 Å². The number of aromatic amines is 1. The number of rotatable bonds is 8. The number of ketones is 1. The average molecular weight is 470 g/mol. The summed E-state index contributed by atoms with van der Waals surface area (Å²) in [5, 5.41) is 0.560. The van der Waals surface area contributed by atoms with Gasteiger partial charge in [0.1, 0.15) is 23.2 Å². The smallest absolute Gasteiger partial charge is 0.150 e. The molecule has 1 aliphatic heterocycles. The predicted molar refractivity (Wildman–Crippen MR) is 126 cm³/mol. The summed E-state index contributed by atoms with van der Waals surface area (Å²) >= 11 is 0. The molecule has 0 radical (unpaired) electrons. The fourth-order valence-corrected chi connectivity index (χ4v) is 5.70. The number of fused-ring (bicyclic) bond motifs is 1. The van der Waals surface area contributed by atoms with Gasteiger partial charge in [0.25, 0.3) is 0 Å². The minimum atomic E-state index is -0.623. The number of halogens is 3. The number of ether oxygens (including phenoxy) is 1. The summed E-state index contributed by atoms with van der Waals surface area (Å²) in [6.45, 7) is 1.52. The standard InChI is InChI=1S/C28H30F3NO2/c29-21-8-6-19(7-9-21)27-26(24-14-22(30)15-25(31)28(24)32-27)20-11-17(12-20)3-1-5-23(33)13-18-4-2-10-34-16-18/h6-9,14-15,17-18,20,32H,1-5,10-13,16H2/t17-,18?,20-. The maximum Gasteiger partial charge on any atom is 0.150 e. The van der Waals surface area contributed by atoms with Gasteiger partial charge in [-0.15, -0.1) is 0 Å². The average Bonchev–Trinajstić information content (AvgIpc) is 3.15. The van der Waals surface area contributed by atoms with E-state index >= 15 is 0 Å². The number of hydrogen-bond acceptors (Lipinski definition) is 2. The summed E-state index contributed by atoms with van der Waals surface area (Å²) in [6.07, 6.45) is 7.07. The highest BCUT2D eigenvalue weighted by Crippen LogP contribution is 2.49. The summed E-state index contributed by atoms with van der Waals surface area (Å²) in [7, 11) is 0. The lowest BCUT2D eigenvalue weighted by Crippen LogP contribution is -2.23. The van der Waals surface area contributed by atoms with Crippen LogP contribution in [0.5, 0.6) is 0 Å². The maximum atomic E-state index is 14.5. The van der Waals surface area contributed by atoms with E-state index in [1.165, 1.54) is 18.2 Å². The SMILES string of the molecule is O=C(CCC[C@H]1C[C@H](c2c(-c3ccc(F)cc3)[nH]c3c(F)cc(F)cc32)C1)CC1CCCOC1. The van der Waals surface area contributed by atoms with E-state index in [0.717, 1.165) is 68.0 Å². The molecule has 3 nitrogen and oxygen atoms in total. The van der Waals surface area contributed by atoms with Gasteiger partial charge >= 0.3 is 0 Å². The van der Waals surface area contributed by atoms with Gasteiger partial charge in [-0.1, -0.05) is 0 Å². The second-order valence-electron chi connectivity index (χ2n) is 9.98. The molecule has 2 aliphatic rings. The van der Waals surface area contributed by atoms with Gasteiger partial charge in [-0.05, 0) is 97.7 Å². The summed E-state index contributed by atoms with van der Waals surface area (Å²) in [4.78, 5) is 15.5. The van der Waals surface area contributed by atoms with Crippen molar-refractivity contribution in [2.45, 2.75) is 57.3 Å². The number of carbonyl (C=O) groups is 1. The van der Waals surface area contributed by atoms with Gasteiger partial charge in [0.15, 0.2) is 0 Å². The monoisotopic (exact) mass is 469 g/mol. The van der Waals surface area contributed by atoms with Crippen LogP contribution in [-0.4, -0.2) is 24.0 Å². The Bertz CT molecular complexity index is 1160. The number of carbonyl (C=O) groups excluding carboxylic acids is 1. The van der Waals surface area contributed by atoms with Crippen molar-refractivity contribution in [1.29, 1.82) is 0 Å². The van der Waals surface area contributed by atoms with Crippen LogP contribution in [0.25, 0.3) is 22.2 Å². The van der Waals surface area contributed by atoms with E-state index in [0.29, 0.717) is 42.5 Å². The fraction of sp³-hybridized carbons (Fsp3) is 0.464.